The Hall–Kier alpha value is -1.14. The number of halogens is 1. The van der Waals surface area contributed by atoms with Crippen molar-refractivity contribution in [1.29, 1.82) is 0 Å². The molecule has 0 fully saturated rings. The third-order valence-corrected chi connectivity index (χ3v) is 3.56. The van der Waals surface area contributed by atoms with Crippen molar-refractivity contribution in [3.63, 3.8) is 0 Å². The van der Waals surface area contributed by atoms with E-state index in [2.05, 4.69) is 44.6 Å². The largest absolute Gasteiger partial charge is 0.327 e. The summed E-state index contributed by atoms with van der Waals surface area (Å²) in [6.07, 6.45) is 0. The van der Waals surface area contributed by atoms with E-state index in [1.165, 1.54) is 0 Å². The molecule has 0 amide bonds. The normalized spacial score (nSPS) is 11.6. The van der Waals surface area contributed by atoms with Gasteiger partial charge in [0, 0.05) is 13.1 Å². The second-order valence-electron chi connectivity index (χ2n) is 4.11. The van der Waals surface area contributed by atoms with Gasteiger partial charge in [-0.25, -0.2) is 9.78 Å². The molecule has 0 radical (unpaired) electrons. The number of likely N-dealkylation sites (N-methyl/N-ethyl adjacent to an activating group) is 1. The maximum atomic E-state index is 11.9. The van der Waals surface area contributed by atoms with Crippen LogP contribution in [0.4, 0.5) is 0 Å². The Morgan fingerprint density at radius 3 is 2.78 bits per heavy atom. The van der Waals surface area contributed by atoms with Crippen LogP contribution in [0.1, 0.15) is 13.8 Å². The van der Waals surface area contributed by atoms with Gasteiger partial charge in [-0.3, -0.25) is 4.57 Å². The van der Waals surface area contributed by atoms with Crippen LogP contribution < -0.4 is 5.69 Å². The van der Waals surface area contributed by atoms with Crippen molar-refractivity contribution in [3.8, 4) is 0 Å². The number of aromatic nitrogens is 3. The highest BCUT2D eigenvalue weighted by Crippen LogP contribution is 2.12. The average molecular weight is 313 g/mol. The van der Waals surface area contributed by atoms with Crippen LogP contribution in [-0.4, -0.2) is 39.1 Å². The lowest BCUT2D eigenvalue weighted by Crippen LogP contribution is -2.30. The summed E-state index contributed by atoms with van der Waals surface area (Å²) in [5.74, 6) is 0. The summed E-state index contributed by atoms with van der Waals surface area (Å²) in [4.78, 5) is 21.3. The van der Waals surface area contributed by atoms with E-state index in [-0.39, 0.29) is 5.69 Å². The predicted octanol–water partition coefficient (Wildman–Crippen LogP) is 1.83. The molecule has 5 nitrogen and oxygen atoms in total. The topological polar surface area (TPSA) is 53.9 Å². The van der Waals surface area contributed by atoms with Crippen molar-refractivity contribution >= 4 is 27.1 Å². The number of H-pyrrole nitrogens is 1. The van der Waals surface area contributed by atoms with Gasteiger partial charge in [0.1, 0.15) is 4.60 Å². The molecular weight excluding hydrogens is 296 g/mol. The van der Waals surface area contributed by atoms with Gasteiger partial charge in [0.2, 0.25) is 0 Å². The highest BCUT2D eigenvalue weighted by atomic mass is 79.9. The molecule has 0 aliphatic rings. The van der Waals surface area contributed by atoms with Gasteiger partial charge in [-0.05, 0) is 41.2 Å². The van der Waals surface area contributed by atoms with Crippen LogP contribution in [0.15, 0.2) is 21.5 Å². The van der Waals surface area contributed by atoms with Crippen LogP contribution in [0.25, 0.3) is 11.2 Å². The highest BCUT2D eigenvalue weighted by Gasteiger charge is 2.09. The first-order valence-corrected chi connectivity index (χ1v) is 6.92. The molecule has 0 aliphatic carbocycles. The standard InChI is InChI=1S/C12H17BrN4O/c1-3-16(4-2)7-8-17-11-9(14-12(17)18)5-6-10(13)15-11/h5-6H,3-4,7-8H2,1-2H3,(H,14,18). The van der Waals surface area contributed by atoms with E-state index in [0.29, 0.717) is 12.2 Å². The Morgan fingerprint density at radius 1 is 1.39 bits per heavy atom. The maximum Gasteiger partial charge on any atom is 0.327 e. The fraction of sp³-hybridized carbons (Fsp3) is 0.500. The van der Waals surface area contributed by atoms with E-state index in [1.807, 2.05) is 12.1 Å². The molecule has 1 N–H and O–H groups in total. The Labute approximate surface area is 114 Å². The van der Waals surface area contributed by atoms with Gasteiger partial charge in [0.05, 0.1) is 5.52 Å². The summed E-state index contributed by atoms with van der Waals surface area (Å²) in [6, 6.07) is 3.69. The number of hydrogen-bond donors (Lipinski definition) is 1. The molecule has 2 aromatic heterocycles. The predicted molar refractivity (Wildman–Crippen MR) is 75.8 cm³/mol. The minimum atomic E-state index is -0.0947. The second-order valence-corrected chi connectivity index (χ2v) is 4.93. The van der Waals surface area contributed by atoms with E-state index in [4.69, 9.17) is 0 Å². The van der Waals surface area contributed by atoms with Crippen LogP contribution in [0, 0.1) is 0 Å². The molecule has 2 rings (SSSR count). The zero-order valence-corrected chi connectivity index (χ0v) is 12.2. The minimum absolute atomic E-state index is 0.0947. The SMILES string of the molecule is CCN(CC)CCn1c(=O)[nH]c2ccc(Br)nc21. The molecule has 0 bridgehead atoms. The number of fused-ring (bicyclic) bond motifs is 1. The third-order valence-electron chi connectivity index (χ3n) is 3.12. The van der Waals surface area contributed by atoms with Gasteiger partial charge >= 0.3 is 5.69 Å². The van der Waals surface area contributed by atoms with Crippen molar-refractivity contribution in [2.75, 3.05) is 19.6 Å². The minimum Gasteiger partial charge on any atom is -0.304 e. The molecule has 18 heavy (non-hydrogen) atoms. The fourth-order valence-electron chi connectivity index (χ4n) is 2.00. The summed E-state index contributed by atoms with van der Waals surface area (Å²) >= 11 is 3.33. The van der Waals surface area contributed by atoms with Crippen molar-refractivity contribution in [3.05, 3.63) is 27.2 Å². The molecule has 6 heteroatoms. The van der Waals surface area contributed by atoms with E-state index >= 15 is 0 Å². The zero-order chi connectivity index (χ0) is 13.1. The van der Waals surface area contributed by atoms with Gasteiger partial charge in [-0.2, -0.15) is 0 Å². The van der Waals surface area contributed by atoms with Gasteiger partial charge in [-0.15, -0.1) is 0 Å². The van der Waals surface area contributed by atoms with Gasteiger partial charge in [0.15, 0.2) is 5.65 Å². The molecule has 0 saturated heterocycles. The lowest BCUT2D eigenvalue weighted by atomic mass is 10.4. The van der Waals surface area contributed by atoms with Crippen LogP contribution in [0.3, 0.4) is 0 Å². The van der Waals surface area contributed by atoms with Crippen molar-refractivity contribution in [2.45, 2.75) is 20.4 Å². The fourth-order valence-corrected chi connectivity index (χ4v) is 2.30. The van der Waals surface area contributed by atoms with Crippen molar-refractivity contribution < 1.29 is 0 Å². The lowest BCUT2D eigenvalue weighted by Gasteiger charge is -2.17. The van der Waals surface area contributed by atoms with Crippen LogP contribution in [0.2, 0.25) is 0 Å². The second kappa shape index (κ2) is 5.67. The molecule has 98 valence electrons. The third kappa shape index (κ3) is 2.64. The molecule has 0 atom stereocenters. The first kappa shape index (κ1) is 13.3. The summed E-state index contributed by atoms with van der Waals surface area (Å²) in [5.41, 5.74) is 1.40. The van der Waals surface area contributed by atoms with Crippen molar-refractivity contribution in [1.82, 2.24) is 19.4 Å². The number of pyridine rings is 1. The Bertz CT molecular complexity index is 585. The van der Waals surface area contributed by atoms with Crippen LogP contribution >= 0.6 is 15.9 Å². The Kier molecular flexibility index (Phi) is 4.19. The van der Waals surface area contributed by atoms with Crippen molar-refractivity contribution in [2.24, 2.45) is 0 Å². The molecule has 2 heterocycles. The number of hydrogen-bond acceptors (Lipinski definition) is 3. The summed E-state index contributed by atoms with van der Waals surface area (Å²) < 4.78 is 2.43. The Balaban J connectivity index is 2.29. The maximum absolute atomic E-state index is 11.9. The van der Waals surface area contributed by atoms with Gasteiger partial charge in [-0.1, -0.05) is 13.8 Å². The number of nitrogens with one attached hydrogen (secondary N) is 1. The smallest absolute Gasteiger partial charge is 0.304 e. The number of nitrogens with zero attached hydrogens (tertiary/aromatic N) is 3. The molecular formula is C12H17BrN4O. The Morgan fingerprint density at radius 2 is 2.11 bits per heavy atom. The number of aromatic amines is 1. The van der Waals surface area contributed by atoms with E-state index in [0.717, 1.165) is 29.8 Å². The molecule has 0 saturated carbocycles. The first-order valence-electron chi connectivity index (χ1n) is 6.13. The zero-order valence-electron chi connectivity index (χ0n) is 10.6. The molecule has 0 aliphatic heterocycles. The van der Waals surface area contributed by atoms with Crippen LogP contribution in [-0.2, 0) is 6.54 Å². The van der Waals surface area contributed by atoms with E-state index in [1.54, 1.807) is 4.57 Å². The van der Waals surface area contributed by atoms with Gasteiger partial charge in [0.25, 0.3) is 0 Å². The van der Waals surface area contributed by atoms with Gasteiger partial charge < -0.3 is 9.88 Å². The molecule has 0 aromatic carbocycles. The first-order chi connectivity index (χ1) is 8.65. The lowest BCUT2D eigenvalue weighted by molar-refractivity contribution is 0.290. The average Bonchev–Trinajstić information content (AvgIpc) is 2.66. The van der Waals surface area contributed by atoms with Crippen LogP contribution in [0.5, 0.6) is 0 Å². The monoisotopic (exact) mass is 312 g/mol. The number of rotatable bonds is 5. The summed E-state index contributed by atoms with van der Waals surface area (Å²) in [5, 5.41) is 0. The summed E-state index contributed by atoms with van der Waals surface area (Å²) in [7, 11) is 0. The number of imidazole rings is 1. The highest BCUT2D eigenvalue weighted by molar-refractivity contribution is 9.10. The molecule has 0 unspecified atom stereocenters. The quantitative estimate of drug-likeness (QED) is 0.857. The van der Waals surface area contributed by atoms with E-state index in [9.17, 15) is 4.79 Å². The van der Waals surface area contributed by atoms with E-state index < -0.39 is 0 Å². The summed E-state index contributed by atoms with van der Waals surface area (Å²) in [6.45, 7) is 7.74. The molecule has 2 aromatic rings. The molecule has 0 spiro atoms.